The Morgan fingerprint density at radius 3 is 3.00 bits per heavy atom. The van der Waals surface area contributed by atoms with Gasteiger partial charge in [-0.15, -0.1) is 0 Å². The molecule has 1 aromatic carbocycles. The van der Waals surface area contributed by atoms with Crippen molar-refractivity contribution in [3.8, 4) is 0 Å². The molecule has 3 N–H and O–H groups in total. The van der Waals surface area contributed by atoms with Gasteiger partial charge in [0, 0.05) is 24.8 Å². The van der Waals surface area contributed by atoms with Crippen molar-refractivity contribution in [3.63, 3.8) is 0 Å². The van der Waals surface area contributed by atoms with Gasteiger partial charge in [-0.05, 0) is 31.0 Å². The number of benzene rings is 1. The normalized spacial score (nSPS) is 19.1. The van der Waals surface area contributed by atoms with Crippen LogP contribution < -0.4 is 15.5 Å². The van der Waals surface area contributed by atoms with Crippen molar-refractivity contribution in [3.05, 3.63) is 29.0 Å². The second-order valence-electron chi connectivity index (χ2n) is 5.44. The second-order valence-corrected chi connectivity index (χ2v) is 5.84. The highest BCUT2D eigenvalue weighted by Crippen LogP contribution is 2.24. The molecule has 0 spiro atoms. The molecule has 122 valence electrons. The van der Waals surface area contributed by atoms with Crippen molar-refractivity contribution in [2.75, 3.05) is 24.6 Å². The van der Waals surface area contributed by atoms with E-state index in [4.69, 9.17) is 16.7 Å². The number of carbonyl (C=O) groups is 1. The second kappa shape index (κ2) is 7.65. The van der Waals surface area contributed by atoms with Gasteiger partial charge in [-0.3, -0.25) is 0 Å². The van der Waals surface area contributed by atoms with Gasteiger partial charge in [0.1, 0.15) is 5.82 Å². The van der Waals surface area contributed by atoms with Crippen molar-refractivity contribution in [2.45, 2.75) is 31.8 Å². The maximum atomic E-state index is 13.5. The Morgan fingerprint density at radius 1 is 1.59 bits per heavy atom. The molecule has 1 heterocycles. The van der Waals surface area contributed by atoms with Crippen molar-refractivity contribution in [1.29, 1.82) is 0 Å². The average molecular weight is 330 g/mol. The molecule has 22 heavy (non-hydrogen) atoms. The Kier molecular flexibility index (Phi) is 5.85. The molecule has 1 fully saturated rings. The highest BCUT2D eigenvalue weighted by molar-refractivity contribution is 6.30. The predicted octanol–water partition coefficient (Wildman–Crippen LogP) is 2.13. The first-order valence-corrected chi connectivity index (χ1v) is 7.79. The van der Waals surface area contributed by atoms with E-state index in [1.807, 2.05) is 11.8 Å². The molecule has 0 bridgehead atoms. The van der Waals surface area contributed by atoms with Crippen molar-refractivity contribution >= 4 is 23.3 Å². The molecule has 1 saturated heterocycles. The van der Waals surface area contributed by atoms with Crippen LogP contribution in [0.5, 0.6) is 0 Å². The quantitative estimate of drug-likeness (QED) is 0.775. The smallest absolute Gasteiger partial charge is 0.315 e. The van der Waals surface area contributed by atoms with Crippen LogP contribution in [0.3, 0.4) is 0 Å². The summed E-state index contributed by atoms with van der Waals surface area (Å²) in [4.78, 5) is 13.8. The zero-order chi connectivity index (χ0) is 16.1. The van der Waals surface area contributed by atoms with Gasteiger partial charge in [0.25, 0.3) is 0 Å². The summed E-state index contributed by atoms with van der Waals surface area (Å²) in [5.74, 6) is -0.443. The zero-order valence-corrected chi connectivity index (χ0v) is 13.2. The summed E-state index contributed by atoms with van der Waals surface area (Å²) < 4.78 is 13.5. The third kappa shape index (κ3) is 4.24. The van der Waals surface area contributed by atoms with Crippen LogP contribution in [-0.4, -0.2) is 42.9 Å². The molecular formula is C15H21ClFN3O2. The summed E-state index contributed by atoms with van der Waals surface area (Å²) in [7, 11) is 0. The van der Waals surface area contributed by atoms with E-state index < -0.39 is 5.82 Å². The van der Waals surface area contributed by atoms with Gasteiger partial charge in [0.15, 0.2) is 0 Å². The molecule has 2 rings (SSSR count). The summed E-state index contributed by atoms with van der Waals surface area (Å²) in [5.41, 5.74) is 0.758. The fourth-order valence-corrected chi connectivity index (χ4v) is 2.60. The summed E-state index contributed by atoms with van der Waals surface area (Å²) in [6.45, 7) is 3.17. The van der Waals surface area contributed by atoms with Crippen molar-refractivity contribution < 1.29 is 14.3 Å². The maximum absolute atomic E-state index is 13.5. The molecule has 0 unspecified atom stereocenters. The number of hydrogen-bond acceptors (Lipinski definition) is 3. The number of anilines is 1. The largest absolute Gasteiger partial charge is 0.394 e. The maximum Gasteiger partial charge on any atom is 0.315 e. The van der Waals surface area contributed by atoms with E-state index in [1.54, 1.807) is 6.07 Å². The molecule has 5 nitrogen and oxygen atoms in total. The van der Waals surface area contributed by atoms with Crippen LogP contribution >= 0.6 is 11.6 Å². The lowest BCUT2D eigenvalue weighted by molar-refractivity contribution is 0.212. The molecule has 0 aliphatic carbocycles. The zero-order valence-electron chi connectivity index (χ0n) is 12.5. The van der Waals surface area contributed by atoms with Crippen LogP contribution in [0.15, 0.2) is 18.2 Å². The monoisotopic (exact) mass is 329 g/mol. The minimum Gasteiger partial charge on any atom is -0.394 e. The number of aliphatic hydroxyl groups excluding tert-OH is 1. The van der Waals surface area contributed by atoms with Crippen LogP contribution in [-0.2, 0) is 0 Å². The highest BCUT2D eigenvalue weighted by Gasteiger charge is 2.25. The van der Waals surface area contributed by atoms with Crippen molar-refractivity contribution in [1.82, 2.24) is 10.6 Å². The molecule has 1 aliphatic heterocycles. The van der Waals surface area contributed by atoms with E-state index in [1.165, 1.54) is 12.1 Å². The molecule has 0 saturated carbocycles. The first-order valence-electron chi connectivity index (χ1n) is 7.41. The van der Waals surface area contributed by atoms with E-state index in [0.717, 1.165) is 18.7 Å². The lowest BCUT2D eigenvalue weighted by atomic mass is 10.2. The topological polar surface area (TPSA) is 64.6 Å². The van der Waals surface area contributed by atoms with Crippen LogP contribution in [0, 0.1) is 5.82 Å². The fourth-order valence-electron chi connectivity index (χ4n) is 2.48. The number of nitrogens with one attached hydrogen (secondary N) is 2. The Bertz CT molecular complexity index is 526. The number of nitrogens with zero attached hydrogens (tertiary/aromatic N) is 1. The standard InChI is InChI=1S/C15H21ClFN3O2/c1-2-10(9-21)18-15(22)19-11-5-6-20(8-11)12-3-4-13(16)14(17)7-12/h3-4,7,10-11,21H,2,5-6,8-9H2,1H3,(H2,18,19,22)/t10-,11+/m1/s1. The molecule has 7 heteroatoms. The molecule has 0 aromatic heterocycles. The first-order chi connectivity index (χ1) is 10.5. The summed E-state index contributed by atoms with van der Waals surface area (Å²) in [6, 6.07) is 4.19. The number of urea groups is 1. The van der Waals surface area contributed by atoms with E-state index in [2.05, 4.69) is 10.6 Å². The van der Waals surface area contributed by atoms with Gasteiger partial charge in [-0.2, -0.15) is 0 Å². The Balaban J connectivity index is 1.87. The average Bonchev–Trinajstić information content (AvgIpc) is 2.96. The minimum absolute atomic E-state index is 0.00469. The number of hydrogen-bond donors (Lipinski definition) is 3. The fraction of sp³-hybridized carbons (Fsp3) is 0.533. The van der Waals surface area contributed by atoms with Crippen LogP contribution in [0.4, 0.5) is 14.9 Å². The van der Waals surface area contributed by atoms with Crippen LogP contribution in [0.25, 0.3) is 0 Å². The lowest BCUT2D eigenvalue weighted by Crippen LogP contribution is -2.48. The highest BCUT2D eigenvalue weighted by atomic mass is 35.5. The molecule has 0 radical (unpaired) electrons. The van der Waals surface area contributed by atoms with Crippen LogP contribution in [0.1, 0.15) is 19.8 Å². The molecule has 1 aliphatic rings. The number of amides is 2. The van der Waals surface area contributed by atoms with Gasteiger partial charge in [-0.1, -0.05) is 18.5 Å². The SMILES string of the molecule is CC[C@H](CO)NC(=O)N[C@H]1CCN(c2ccc(Cl)c(F)c2)C1. The van der Waals surface area contributed by atoms with Gasteiger partial charge < -0.3 is 20.6 Å². The number of carbonyl (C=O) groups excluding carboxylic acids is 1. The molecule has 2 amide bonds. The predicted molar refractivity (Wildman–Crippen MR) is 84.9 cm³/mol. The molecule has 1 aromatic rings. The van der Waals surface area contributed by atoms with E-state index >= 15 is 0 Å². The number of halogens is 2. The summed E-state index contributed by atoms with van der Waals surface area (Å²) >= 11 is 5.68. The van der Waals surface area contributed by atoms with Gasteiger partial charge in [0.05, 0.1) is 17.7 Å². The Morgan fingerprint density at radius 2 is 2.36 bits per heavy atom. The van der Waals surface area contributed by atoms with Crippen molar-refractivity contribution in [2.24, 2.45) is 0 Å². The van der Waals surface area contributed by atoms with Gasteiger partial charge in [0.2, 0.25) is 0 Å². The third-order valence-electron chi connectivity index (χ3n) is 3.84. The lowest BCUT2D eigenvalue weighted by Gasteiger charge is -2.20. The van der Waals surface area contributed by atoms with Gasteiger partial charge >= 0.3 is 6.03 Å². The van der Waals surface area contributed by atoms with E-state index in [0.29, 0.717) is 13.0 Å². The first kappa shape index (κ1) is 16.8. The Hall–Kier alpha value is -1.53. The minimum atomic E-state index is -0.443. The van der Waals surface area contributed by atoms with Crippen LogP contribution in [0.2, 0.25) is 5.02 Å². The summed E-state index contributed by atoms with van der Waals surface area (Å²) in [5, 5.41) is 14.8. The third-order valence-corrected chi connectivity index (χ3v) is 4.15. The Labute approximate surface area is 134 Å². The molecule has 2 atom stereocenters. The molecular weight excluding hydrogens is 309 g/mol. The number of rotatable bonds is 5. The van der Waals surface area contributed by atoms with E-state index in [9.17, 15) is 9.18 Å². The van der Waals surface area contributed by atoms with E-state index in [-0.39, 0.29) is 29.7 Å². The number of aliphatic hydroxyl groups is 1. The summed E-state index contributed by atoms with van der Waals surface area (Å²) in [6.07, 6.45) is 1.46. The van der Waals surface area contributed by atoms with Gasteiger partial charge in [-0.25, -0.2) is 9.18 Å².